The van der Waals surface area contributed by atoms with Gasteiger partial charge in [0.15, 0.2) is 0 Å². The number of amides is 2. The van der Waals surface area contributed by atoms with Crippen LogP contribution in [0.25, 0.3) is 0 Å². The molecule has 0 aliphatic carbocycles. The Morgan fingerprint density at radius 3 is 2.22 bits per heavy atom. The highest BCUT2D eigenvalue weighted by Crippen LogP contribution is 2.26. The van der Waals surface area contributed by atoms with Gasteiger partial charge in [0, 0.05) is 12.2 Å². The first kappa shape index (κ1) is 19.2. The number of halogens is 1. The molecule has 1 N–H and O–H groups in total. The largest absolute Gasteiger partial charge is 0.350 e. The molecule has 2 aromatic carbocycles. The summed E-state index contributed by atoms with van der Waals surface area (Å²) in [5.41, 5.74) is 3.21. The van der Waals surface area contributed by atoms with E-state index in [1.54, 1.807) is 0 Å². The number of hydrogen-bond acceptors (Lipinski definition) is 3. The maximum Gasteiger partial charge on any atom is 0.278 e. The molecule has 0 saturated heterocycles. The molecule has 0 saturated carbocycles. The number of nitrogens with one attached hydrogen (secondary N) is 1. The van der Waals surface area contributed by atoms with Crippen molar-refractivity contribution in [2.75, 3.05) is 11.9 Å². The number of carbonyl (C=O) groups is 2. The monoisotopic (exact) mass is 382 g/mol. The summed E-state index contributed by atoms with van der Waals surface area (Å²) >= 11 is 6.15. The summed E-state index contributed by atoms with van der Waals surface area (Å²) in [4.78, 5) is 26.2. The average molecular weight is 383 g/mol. The standard InChI is InChI=1S/C22H23ClN2O2/c1-2-3-7-17-10-12-18(13-11-17)24-20-19(23)21(26)25(22(20)27)15-14-16-8-5-4-6-9-16/h4-6,8-13,24H,2-3,7,14-15H2,1H3. The van der Waals surface area contributed by atoms with Gasteiger partial charge in [-0.3, -0.25) is 14.5 Å². The van der Waals surface area contributed by atoms with Crippen molar-refractivity contribution in [3.8, 4) is 0 Å². The first-order valence-corrected chi connectivity index (χ1v) is 9.63. The third-order valence-electron chi connectivity index (χ3n) is 4.62. The topological polar surface area (TPSA) is 49.4 Å². The summed E-state index contributed by atoms with van der Waals surface area (Å²) in [6, 6.07) is 17.6. The molecule has 1 aliphatic rings. The molecule has 27 heavy (non-hydrogen) atoms. The number of benzene rings is 2. The van der Waals surface area contributed by atoms with Gasteiger partial charge in [-0.25, -0.2) is 0 Å². The van der Waals surface area contributed by atoms with E-state index < -0.39 is 5.91 Å². The summed E-state index contributed by atoms with van der Waals surface area (Å²) in [6.45, 7) is 2.47. The van der Waals surface area contributed by atoms with Gasteiger partial charge >= 0.3 is 0 Å². The Morgan fingerprint density at radius 1 is 0.889 bits per heavy atom. The Bertz CT molecular complexity index is 844. The zero-order chi connectivity index (χ0) is 19.2. The minimum atomic E-state index is -0.445. The smallest absolute Gasteiger partial charge is 0.278 e. The van der Waals surface area contributed by atoms with Gasteiger partial charge in [0.25, 0.3) is 11.8 Å². The Morgan fingerprint density at radius 2 is 1.56 bits per heavy atom. The molecule has 1 heterocycles. The highest BCUT2D eigenvalue weighted by atomic mass is 35.5. The predicted octanol–water partition coefficient (Wildman–Crippen LogP) is 4.50. The van der Waals surface area contributed by atoms with E-state index >= 15 is 0 Å². The van der Waals surface area contributed by atoms with E-state index in [0.717, 1.165) is 30.5 Å². The number of unbranched alkanes of at least 4 members (excludes halogenated alkanes) is 1. The maximum absolute atomic E-state index is 12.7. The zero-order valence-corrected chi connectivity index (χ0v) is 16.1. The molecule has 0 fully saturated rings. The van der Waals surface area contributed by atoms with E-state index in [9.17, 15) is 9.59 Å². The lowest BCUT2D eigenvalue weighted by atomic mass is 10.1. The molecule has 0 radical (unpaired) electrons. The third-order valence-corrected chi connectivity index (χ3v) is 4.97. The molecule has 2 amide bonds. The molecule has 0 aromatic heterocycles. The molecule has 0 atom stereocenters. The highest BCUT2D eigenvalue weighted by molar-refractivity contribution is 6.48. The van der Waals surface area contributed by atoms with E-state index in [4.69, 9.17) is 11.6 Å². The third kappa shape index (κ3) is 4.58. The van der Waals surface area contributed by atoms with Crippen molar-refractivity contribution in [1.82, 2.24) is 4.90 Å². The molecular weight excluding hydrogens is 360 g/mol. The summed E-state index contributed by atoms with van der Waals surface area (Å²) in [5, 5.41) is 2.97. The number of nitrogens with zero attached hydrogens (tertiary/aromatic N) is 1. The number of hydrogen-bond donors (Lipinski definition) is 1. The summed E-state index contributed by atoms with van der Waals surface area (Å²) in [5.74, 6) is -0.823. The Hall–Kier alpha value is -2.59. The van der Waals surface area contributed by atoms with Gasteiger partial charge in [0.05, 0.1) is 0 Å². The SMILES string of the molecule is CCCCc1ccc(NC2=C(Cl)C(=O)N(CCc3ccccc3)C2=O)cc1. The van der Waals surface area contributed by atoms with Gasteiger partial charge in [-0.2, -0.15) is 0 Å². The van der Waals surface area contributed by atoms with E-state index in [1.165, 1.54) is 10.5 Å². The van der Waals surface area contributed by atoms with Crippen LogP contribution in [-0.4, -0.2) is 23.3 Å². The molecule has 0 bridgehead atoms. The van der Waals surface area contributed by atoms with Gasteiger partial charge in [0.2, 0.25) is 0 Å². The van der Waals surface area contributed by atoms with Crippen molar-refractivity contribution in [1.29, 1.82) is 0 Å². The average Bonchev–Trinajstić information content (AvgIpc) is 2.90. The fourth-order valence-electron chi connectivity index (χ4n) is 3.02. The van der Waals surface area contributed by atoms with Crippen LogP contribution in [0, 0.1) is 0 Å². The second kappa shape index (κ2) is 8.87. The van der Waals surface area contributed by atoms with Crippen molar-refractivity contribution in [2.45, 2.75) is 32.6 Å². The van der Waals surface area contributed by atoms with Crippen LogP contribution in [0.1, 0.15) is 30.9 Å². The molecular formula is C22H23ClN2O2. The van der Waals surface area contributed by atoms with Crippen molar-refractivity contribution in [3.63, 3.8) is 0 Å². The number of carbonyl (C=O) groups excluding carboxylic acids is 2. The number of imide groups is 1. The van der Waals surface area contributed by atoms with Crippen LogP contribution >= 0.6 is 11.6 Å². The number of anilines is 1. The number of aryl methyl sites for hydroxylation is 1. The molecule has 0 unspecified atom stereocenters. The maximum atomic E-state index is 12.7. The molecule has 4 nitrogen and oxygen atoms in total. The summed E-state index contributed by atoms with van der Waals surface area (Å²) < 4.78 is 0. The van der Waals surface area contributed by atoms with E-state index in [1.807, 2.05) is 54.6 Å². The van der Waals surface area contributed by atoms with Crippen LogP contribution in [0.4, 0.5) is 5.69 Å². The molecule has 3 rings (SSSR count). The van der Waals surface area contributed by atoms with Gasteiger partial charge in [0.1, 0.15) is 10.7 Å². The number of rotatable bonds is 8. The van der Waals surface area contributed by atoms with Crippen LogP contribution in [0.5, 0.6) is 0 Å². The minimum absolute atomic E-state index is 0.0527. The molecule has 2 aromatic rings. The normalized spacial score (nSPS) is 14.2. The minimum Gasteiger partial charge on any atom is -0.350 e. The van der Waals surface area contributed by atoms with E-state index in [2.05, 4.69) is 12.2 Å². The Balaban J connectivity index is 1.65. The van der Waals surface area contributed by atoms with Crippen molar-refractivity contribution >= 4 is 29.1 Å². The highest BCUT2D eigenvalue weighted by Gasteiger charge is 2.37. The van der Waals surface area contributed by atoms with Crippen molar-refractivity contribution in [3.05, 3.63) is 76.5 Å². The fourth-order valence-corrected chi connectivity index (χ4v) is 3.25. The van der Waals surface area contributed by atoms with Crippen LogP contribution in [0.15, 0.2) is 65.3 Å². The van der Waals surface area contributed by atoms with Crippen molar-refractivity contribution in [2.24, 2.45) is 0 Å². The Kier molecular flexibility index (Phi) is 6.30. The van der Waals surface area contributed by atoms with Gasteiger partial charge in [-0.05, 0) is 42.5 Å². The van der Waals surface area contributed by atoms with Crippen LogP contribution in [0.2, 0.25) is 0 Å². The van der Waals surface area contributed by atoms with Crippen molar-refractivity contribution < 1.29 is 9.59 Å². The lowest BCUT2D eigenvalue weighted by molar-refractivity contribution is -0.137. The quantitative estimate of drug-likeness (QED) is 0.683. The van der Waals surface area contributed by atoms with Crippen LogP contribution in [0.3, 0.4) is 0 Å². The predicted molar refractivity (Wildman–Crippen MR) is 108 cm³/mol. The molecule has 140 valence electrons. The molecule has 5 heteroatoms. The van der Waals surface area contributed by atoms with Gasteiger partial charge < -0.3 is 5.32 Å². The first-order valence-electron chi connectivity index (χ1n) is 9.26. The molecule has 0 spiro atoms. The Labute approximate surface area is 164 Å². The van der Waals surface area contributed by atoms with Gasteiger partial charge in [-0.1, -0.05) is 67.4 Å². The van der Waals surface area contributed by atoms with E-state index in [0.29, 0.717) is 13.0 Å². The summed E-state index contributed by atoms with van der Waals surface area (Å²) in [7, 11) is 0. The van der Waals surface area contributed by atoms with Crippen LogP contribution in [-0.2, 0) is 22.4 Å². The molecule has 1 aliphatic heterocycles. The lowest BCUT2D eigenvalue weighted by Gasteiger charge is -2.15. The van der Waals surface area contributed by atoms with E-state index in [-0.39, 0.29) is 16.6 Å². The second-order valence-electron chi connectivity index (χ2n) is 6.61. The second-order valence-corrected chi connectivity index (χ2v) is 6.99. The summed E-state index contributed by atoms with van der Waals surface area (Å²) in [6.07, 6.45) is 3.93. The zero-order valence-electron chi connectivity index (χ0n) is 15.4. The fraction of sp³-hybridized carbons (Fsp3) is 0.273. The lowest BCUT2D eigenvalue weighted by Crippen LogP contribution is -2.34. The first-order chi connectivity index (χ1) is 13.1. The van der Waals surface area contributed by atoms with Gasteiger partial charge in [-0.15, -0.1) is 0 Å². The van der Waals surface area contributed by atoms with Crippen LogP contribution < -0.4 is 5.32 Å².